The van der Waals surface area contributed by atoms with Gasteiger partial charge in [0.25, 0.3) is 0 Å². The van der Waals surface area contributed by atoms with Crippen LogP contribution in [0.15, 0.2) is 138 Å². The quantitative estimate of drug-likeness (QED) is 0.0604. The summed E-state index contributed by atoms with van der Waals surface area (Å²) in [5.41, 5.74) is 0.120. The number of carbonyl (C=O) groups excluding carboxylic acids is 1. The molecule has 10 nitrogen and oxygen atoms in total. The minimum atomic E-state index is -4.21. The zero-order valence-electron chi connectivity index (χ0n) is 33.8. The molecule has 0 bridgehead atoms. The Morgan fingerprint density at radius 3 is 1.97 bits per heavy atom. The number of phosphoric ester groups is 1. The van der Waals surface area contributed by atoms with E-state index in [1.54, 1.807) is 41.5 Å². The Morgan fingerprint density at radius 1 is 0.800 bits per heavy atom. The lowest BCUT2D eigenvalue weighted by Gasteiger charge is -2.31. The van der Waals surface area contributed by atoms with Gasteiger partial charge in [0.05, 0.1) is 22.5 Å². The first kappa shape index (κ1) is 43.9. The van der Waals surface area contributed by atoms with Crippen LogP contribution in [0.1, 0.15) is 68.6 Å². The number of halogens is 3. The molecule has 0 fully saturated rings. The number of Topliss-reactive ketones (excluding diaryl/α,β-unsaturated/α-hetero) is 1. The van der Waals surface area contributed by atoms with E-state index in [2.05, 4.69) is 4.98 Å². The average Bonchev–Trinajstić information content (AvgIpc) is 3.18. The number of benzene rings is 4. The maximum absolute atomic E-state index is 15.7. The summed E-state index contributed by atoms with van der Waals surface area (Å²) in [6.07, 6.45) is 3.71. The maximum atomic E-state index is 15.7. The number of nitrogens with zero attached hydrogens (tertiary/aromatic N) is 3. The maximum Gasteiger partial charge on any atom is 0.477 e. The van der Waals surface area contributed by atoms with Gasteiger partial charge in [-0.3, -0.25) is 23.2 Å². The van der Waals surface area contributed by atoms with Crippen LogP contribution in [-0.4, -0.2) is 32.2 Å². The summed E-state index contributed by atoms with van der Waals surface area (Å²) in [5.74, 6) is -1.91. The monoisotopic (exact) mass is 853 g/mol. The second kappa shape index (κ2) is 18.3. The van der Waals surface area contributed by atoms with Gasteiger partial charge in [0, 0.05) is 47.8 Å². The molecule has 0 spiro atoms. The van der Waals surface area contributed by atoms with Crippen LogP contribution in [0, 0.1) is 11.6 Å². The van der Waals surface area contributed by atoms with Crippen molar-refractivity contribution in [1.82, 2.24) is 9.55 Å². The lowest BCUT2D eigenvalue weighted by Crippen LogP contribution is -2.25. The summed E-state index contributed by atoms with van der Waals surface area (Å²) in [4.78, 5) is 36.8. The van der Waals surface area contributed by atoms with E-state index < -0.39 is 48.6 Å². The minimum absolute atomic E-state index is 0.0419. The van der Waals surface area contributed by atoms with Crippen molar-refractivity contribution >= 4 is 36.7 Å². The zero-order chi connectivity index (χ0) is 43.2. The Bertz CT molecular complexity index is 2570. The number of hydrogen-bond acceptors (Lipinski definition) is 9. The van der Waals surface area contributed by atoms with E-state index in [1.165, 1.54) is 65.6 Å². The van der Waals surface area contributed by atoms with Crippen LogP contribution in [0.4, 0.5) is 14.6 Å². The molecule has 2 heterocycles. The second-order valence-electron chi connectivity index (χ2n) is 15.7. The molecule has 0 saturated heterocycles. The van der Waals surface area contributed by atoms with Gasteiger partial charge in [-0.05, 0) is 76.9 Å². The summed E-state index contributed by atoms with van der Waals surface area (Å²) in [7, 11) is -4.21. The number of aromatic nitrogens is 2. The number of carbonyl (C=O) groups is 1. The fourth-order valence-corrected chi connectivity index (χ4v) is 7.87. The molecule has 310 valence electrons. The molecule has 60 heavy (non-hydrogen) atoms. The van der Waals surface area contributed by atoms with Gasteiger partial charge in [-0.1, -0.05) is 90.5 Å². The average molecular weight is 854 g/mol. The molecule has 2 aromatic heterocycles. The first-order valence-corrected chi connectivity index (χ1v) is 20.7. The van der Waals surface area contributed by atoms with Crippen LogP contribution in [-0.2, 0) is 31.3 Å². The number of phosphoric acid groups is 1. The van der Waals surface area contributed by atoms with E-state index in [1.807, 2.05) is 60.7 Å². The van der Waals surface area contributed by atoms with Crippen molar-refractivity contribution in [1.29, 1.82) is 0 Å². The molecule has 14 heteroatoms. The van der Waals surface area contributed by atoms with Crippen molar-refractivity contribution in [3.05, 3.63) is 177 Å². The predicted octanol–water partition coefficient (Wildman–Crippen LogP) is 11.9. The number of pyridine rings is 2. The van der Waals surface area contributed by atoms with Gasteiger partial charge in [0.1, 0.15) is 17.6 Å². The zero-order valence-corrected chi connectivity index (χ0v) is 35.5. The highest BCUT2D eigenvalue weighted by molar-refractivity contribution is 7.48. The van der Waals surface area contributed by atoms with Gasteiger partial charge in [0.15, 0.2) is 34.3 Å². The van der Waals surface area contributed by atoms with Crippen LogP contribution >= 0.6 is 19.4 Å². The van der Waals surface area contributed by atoms with Gasteiger partial charge < -0.3 is 9.30 Å². The number of ether oxygens (including phenoxy) is 1. The second-order valence-corrected chi connectivity index (χ2v) is 17.6. The molecule has 0 aliphatic heterocycles. The fraction of sp³-hybridized carbons (Fsp3) is 0.217. The highest BCUT2D eigenvalue weighted by Crippen LogP contribution is 2.55. The fourth-order valence-electron chi connectivity index (χ4n) is 5.92. The van der Waals surface area contributed by atoms with Crippen LogP contribution in [0.25, 0.3) is 11.1 Å². The molecule has 0 aliphatic carbocycles. The van der Waals surface area contributed by atoms with Gasteiger partial charge in [-0.15, -0.1) is 0 Å². The standard InChI is InChI=1S/C46H43ClF2N3O7P/c1-45(2,3)58-60(55,59-46(4,5)6)56-29-52-27-35(31-18-20-34(48)21-19-31)43(54)36(28-52)38(53)26-30-17-22-39(37(49)25-30)57-40-23-24-50-44(41(40)47)51-42(32-13-9-7-10-14-32)33-15-11-8-12-16-33/h7-25,27-28H,26,29H2,1-6H3. The molecule has 0 atom stereocenters. The number of hydrogen-bond donors (Lipinski definition) is 0. The Hall–Kier alpha value is -5.62. The third kappa shape index (κ3) is 11.6. The Balaban J connectivity index is 1.26. The topological polar surface area (TPSA) is 118 Å². The highest BCUT2D eigenvalue weighted by Gasteiger charge is 2.37. The van der Waals surface area contributed by atoms with Gasteiger partial charge in [0.2, 0.25) is 0 Å². The predicted molar refractivity (Wildman–Crippen MR) is 228 cm³/mol. The van der Waals surface area contributed by atoms with Crippen LogP contribution in [0.5, 0.6) is 11.5 Å². The van der Waals surface area contributed by atoms with Crippen molar-refractivity contribution in [2.75, 3.05) is 0 Å². The van der Waals surface area contributed by atoms with Crippen LogP contribution in [0.2, 0.25) is 5.02 Å². The van der Waals surface area contributed by atoms with Crippen LogP contribution in [0.3, 0.4) is 0 Å². The van der Waals surface area contributed by atoms with E-state index in [-0.39, 0.29) is 45.5 Å². The van der Waals surface area contributed by atoms with Crippen LogP contribution < -0.4 is 10.2 Å². The van der Waals surface area contributed by atoms with Gasteiger partial charge in [-0.2, -0.15) is 0 Å². The molecule has 0 saturated carbocycles. The normalized spacial score (nSPS) is 11.9. The molecule has 0 amide bonds. The van der Waals surface area contributed by atoms with Crippen molar-refractivity contribution in [2.24, 2.45) is 4.99 Å². The molecule has 0 unspecified atom stereocenters. The molecule has 0 aliphatic rings. The number of rotatable bonds is 14. The first-order valence-electron chi connectivity index (χ1n) is 18.9. The summed E-state index contributed by atoms with van der Waals surface area (Å²) in [6, 6.07) is 29.6. The molecule has 6 rings (SSSR count). The number of aliphatic imine (C=N–C) groups is 1. The third-order valence-corrected chi connectivity index (χ3v) is 10.7. The smallest absolute Gasteiger partial charge is 0.453 e. The van der Waals surface area contributed by atoms with E-state index in [0.29, 0.717) is 11.3 Å². The summed E-state index contributed by atoms with van der Waals surface area (Å²) in [5, 5.41) is 0.0492. The Kier molecular flexibility index (Phi) is 13.4. The van der Waals surface area contributed by atoms with Gasteiger partial charge in [-0.25, -0.2) is 23.3 Å². The molecule has 4 aromatic carbocycles. The lowest BCUT2D eigenvalue weighted by atomic mass is 9.99. The Morgan fingerprint density at radius 2 is 1.40 bits per heavy atom. The van der Waals surface area contributed by atoms with E-state index in [4.69, 9.17) is 34.9 Å². The molecular weight excluding hydrogens is 811 g/mol. The van der Waals surface area contributed by atoms with Gasteiger partial charge >= 0.3 is 7.82 Å². The van der Waals surface area contributed by atoms with Crippen molar-refractivity contribution in [2.45, 2.75) is 65.9 Å². The van der Waals surface area contributed by atoms with E-state index in [9.17, 15) is 18.5 Å². The molecule has 0 radical (unpaired) electrons. The van der Waals surface area contributed by atoms with Crippen molar-refractivity contribution in [3.63, 3.8) is 0 Å². The lowest BCUT2D eigenvalue weighted by molar-refractivity contribution is -0.00619. The Labute approximate surface area is 352 Å². The first-order chi connectivity index (χ1) is 28.4. The molecular formula is C46H43ClF2N3O7P. The molecule has 6 aromatic rings. The summed E-state index contributed by atoms with van der Waals surface area (Å²) in [6.45, 7) is 9.68. The largest absolute Gasteiger partial charge is 0.477 e. The minimum Gasteiger partial charge on any atom is -0.453 e. The molecule has 0 N–H and O–H groups in total. The SMILES string of the molecule is CC(C)(C)OP(=O)(OCn1cc(C(=O)Cc2ccc(Oc3ccnc(N=C(c4ccccc4)c4ccccc4)c3Cl)c(F)c2)c(=O)c(-c2ccc(F)cc2)c1)OC(C)(C)C. The third-order valence-electron chi connectivity index (χ3n) is 8.40. The van der Waals surface area contributed by atoms with Crippen molar-refractivity contribution in [3.8, 4) is 22.6 Å². The van der Waals surface area contributed by atoms with E-state index >= 15 is 4.39 Å². The summed E-state index contributed by atoms with van der Waals surface area (Å²) >= 11 is 6.74. The highest BCUT2D eigenvalue weighted by atomic mass is 35.5. The van der Waals surface area contributed by atoms with E-state index in [0.717, 1.165) is 17.2 Å². The number of ketones is 1. The van der Waals surface area contributed by atoms with Crippen molar-refractivity contribution < 1.29 is 36.4 Å². The summed E-state index contributed by atoms with van der Waals surface area (Å²) < 4.78 is 67.8.